The van der Waals surface area contributed by atoms with Crippen LogP contribution in [0.4, 0.5) is 0 Å². The van der Waals surface area contributed by atoms with E-state index < -0.39 is 0 Å². The van der Waals surface area contributed by atoms with E-state index in [-0.39, 0.29) is 17.9 Å². The number of esters is 1. The summed E-state index contributed by atoms with van der Waals surface area (Å²) >= 11 is 5.25. The van der Waals surface area contributed by atoms with E-state index >= 15 is 0 Å². The van der Waals surface area contributed by atoms with Crippen LogP contribution in [0.5, 0.6) is 0 Å². The highest BCUT2D eigenvalue weighted by Gasteiger charge is 2.30. The highest BCUT2D eigenvalue weighted by molar-refractivity contribution is 7.80. The zero-order valence-electron chi connectivity index (χ0n) is 17.0. The number of hydrogen-bond acceptors (Lipinski definition) is 5. The maximum absolute atomic E-state index is 12.1. The Labute approximate surface area is 178 Å². The highest BCUT2D eigenvalue weighted by atomic mass is 32.1. The van der Waals surface area contributed by atoms with Crippen LogP contribution >= 0.6 is 12.2 Å². The molecule has 6 nitrogen and oxygen atoms in total. The summed E-state index contributed by atoms with van der Waals surface area (Å²) in [5, 5.41) is 3.49. The molecular weight excluding hydrogens is 388 g/mol. The maximum atomic E-state index is 12.1. The minimum atomic E-state index is -0.196. The molecular formula is C22H30N2O4S. The highest BCUT2D eigenvalue weighted by Crippen LogP contribution is 2.19. The Bertz CT molecular complexity index is 693. The van der Waals surface area contributed by atoms with Crippen LogP contribution in [0.15, 0.2) is 42.5 Å². The van der Waals surface area contributed by atoms with Crippen molar-refractivity contribution in [1.29, 1.82) is 0 Å². The Morgan fingerprint density at radius 3 is 2.86 bits per heavy atom. The van der Waals surface area contributed by atoms with Crippen molar-refractivity contribution in [2.45, 2.75) is 44.6 Å². The first-order valence-electron chi connectivity index (χ1n) is 10.1. The van der Waals surface area contributed by atoms with Gasteiger partial charge < -0.3 is 19.7 Å². The molecule has 1 saturated heterocycles. The summed E-state index contributed by atoms with van der Waals surface area (Å²) in [5.74, 6) is -0.0561. The van der Waals surface area contributed by atoms with E-state index in [1.807, 2.05) is 35.3 Å². The van der Waals surface area contributed by atoms with Gasteiger partial charge in [-0.2, -0.15) is 0 Å². The van der Waals surface area contributed by atoms with E-state index in [9.17, 15) is 9.59 Å². The smallest absolute Gasteiger partial charge is 0.305 e. The van der Waals surface area contributed by atoms with Gasteiger partial charge in [-0.1, -0.05) is 42.5 Å². The van der Waals surface area contributed by atoms with Gasteiger partial charge in [-0.3, -0.25) is 9.59 Å². The standard InChI is InChI=1S/C22H30N2O4S/c1-27-21(26)11-7-2-3-8-16-24-19(12-13-20(24)25)17-28-22(29)23-15-14-18-9-5-4-6-10-18/h3-6,8-10,19H,2,7,11-17H2,1H3,(H,23,29)/b8-3+/t19-/m1/s1. The molecule has 0 bridgehead atoms. The number of likely N-dealkylation sites (tertiary alicyclic amines) is 1. The SMILES string of the molecule is COC(=O)CCC/C=C/CN1C(=O)CC[C@@H]1COC(=S)NCCc1ccccc1. The fraction of sp³-hybridized carbons (Fsp3) is 0.500. The second kappa shape index (κ2) is 12.9. The maximum Gasteiger partial charge on any atom is 0.305 e. The van der Waals surface area contributed by atoms with Crippen LogP contribution in [-0.2, 0) is 25.5 Å². The van der Waals surface area contributed by atoms with E-state index in [2.05, 4.69) is 22.2 Å². The third-order valence-electron chi connectivity index (χ3n) is 4.83. The van der Waals surface area contributed by atoms with Crippen molar-refractivity contribution in [3.63, 3.8) is 0 Å². The second-order valence-corrected chi connectivity index (χ2v) is 7.31. The minimum absolute atomic E-state index is 0.0380. The van der Waals surface area contributed by atoms with Crippen LogP contribution in [-0.4, -0.2) is 54.8 Å². The first-order chi connectivity index (χ1) is 14.1. The van der Waals surface area contributed by atoms with Gasteiger partial charge in [0, 0.05) is 25.9 Å². The molecule has 1 atom stereocenters. The molecule has 1 aliphatic rings. The van der Waals surface area contributed by atoms with Crippen molar-refractivity contribution in [3.05, 3.63) is 48.0 Å². The molecule has 1 heterocycles. The normalized spacial score (nSPS) is 16.2. The van der Waals surface area contributed by atoms with E-state index in [1.54, 1.807) is 0 Å². The third kappa shape index (κ3) is 8.64. The van der Waals surface area contributed by atoms with Crippen LogP contribution in [0.25, 0.3) is 0 Å². The Morgan fingerprint density at radius 2 is 2.10 bits per heavy atom. The molecule has 2 rings (SSSR count). The van der Waals surface area contributed by atoms with Gasteiger partial charge in [0.2, 0.25) is 5.91 Å². The van der Waals surface area contributed by atoms with Gasteiger partial charge in [-0.15, -0.1) is 0 Å². The number of ether oxygens (including phenoxy) is 2. The number of rotatable bonds is 11. The number of amides is 1. The number of nitrogens with one attached hydrogen (secondary N) is 1. The largest absolute Gasteiger partial charge is 0.469 e. The van der Waals surface area contributed by atoms with Crippen LogP contribution in [0.3, 0.4) is 0 Å². The fourth-order valence-electron chi connectivity index (χ4n) is 3.17. The molecule has 0 unspecified atom stereocenters. The Balaban J connectivity index is 1.64. The predicted molar refractivity (Wildman–Crippen MR) is 116 cm³/mol. The molecule has 1 N–H and O–H groups in total. The number of hydrogen-bond donors (Lipinski definition) is 1. The van der Waals surface area contributed by atoms with Gasteiger partial charge >= 0.3 is 5.97 Å². The average molecular weight is 419 g/mol. The topological polar surface area (TPSA) is 67.9 Å². The first kappa shape index (κ1) is 22.9. The molecule has 1 fully saturated rings. The molecule has 7 heteroatoms. The van der Waals surface area contributed by atoms with Crippen molar-refractivity contribution in [2.75, 3.05) is 26.8 Å². The lowest BCUT2D eigenvalue weighted by Gasteiger charge is -2.23. The quantitative estimate of drug-likeness (QED) is 0.258. The number of carbonyl (C=O) groups is 2. The summed E-state index contributed by atoms with van der Waals surface area (Å²) in [6.07, 6.45) is 8.11. The molecule has 1 aromatic carbocycles. The number of benzene rings is 1. The Hall–Kier alpha value is -2.41. The summed E-state index contributed by atoms with van der Waals surface area (Å²) in [6, 6.07) is 10.2. The number of nitrogens with zero attached hydrogens (tertiary/aromatic N) is 1. The van der Waals surface area contributed by atoms with Crippen LogP contribution in [0.2, 0.25) is 0 Å². The molecule has 29 heavy (non-hydrogen) atoms. The van der Waals surface area contributed by atoms with Gasteiger partial charge in [0.25, 0.3) is 5.17 Å². The van der Waals surface area contributed by atoms with E-state index in [0.717, 1.165) is 25.7 Å². The van der Waals surface area contributed by atoms with Crippen molar-refractivity contribution in [2.24, 2.45) is 0 Å². The van der Waals surface area contributed by atoms with Crippen molar-refractivity contribution in [3.8, 4) is 0 Å². The molecule has 0 aromatic heterocycles. The second-order valence-electron chi connectivity index (χ2n) is 6.94. The summed E-state index contributed by atoms with van der Waals surface area (Å²) < 4.78 is 10.3. The van der Waals surface area contributed by atoms with Gasteiger partial charge in [-0.05, 0) is 43.5 Å². The number of thiocarbonyl (C=S) groups is 1. The number of unbranched alkanes of at least 4 members (excludes halogenated alkanes) is 1. The molecule has 1 aliphatic heterocycles. The van der Waals surface area contributed by atoms with Gasteiger partial charge in [0.1, 0.15) is 6.61 Å². The molecule has 0 radical (unpaired) electrons. The minimum Gasteiger partial charge on any atom is -0.469 e. The lowest BCUT2D eigenvalue weighted by atomic mass is 10.1. The molecule has 0 saturated carbocycles. The number of carbonyl (C=O) groups excluding carboxylic acids is 2. The molecule has 1 amide bonds. The monoisotopic (exact) mass is 418 g/mol. The summed E-state index contributed by atoms with van der Waals surface area (Å²) in [6.45, 7) is 1.67. The van der Waals surface area contributed by atoms with E-state index in [1.165, 1.54) is 12.7 Å². The predicted octanol–water partition coefficient (Wildman–Crippen LogP) is 3.01. The third-order valence-corrected chi connectivity index (χ3v) is 5.10. The summed E-state index contributed by atoms with van der Waals surface area (Å²) in [7, 11) is 1.39. The van der Waals surface area contributed by atoms with Crippen molar-refractivity contribution >= 4 is 29.3 Å². The molecule has 158 valence electrons. The molecule has 0 aliphatic carbocycles. The van der Waals surface area contributed by atoms with E-state index in [0.29, 0.717) is 37.7 Å². The van der Waals surface area contributed by atoms with Crippen LogP contribution < -0.4 is 5.32 Å². The first-order valence-corrected chi connectivity index (χ1v) is 10.5. The van der Waals surface area contributed by atoms with Crippen LogP contribution in [0, 0.1) is 0 Å². The number of allylic oxidation sites excluding steroid dienone is 1. The molecule has 0 spiro atoms. The fourth-order valence-corrected chi connectivity index (χ4v) is 3.34. The zero-order valence-corrected chi connectivity index (χ0v) is 17.8. The van der Waals surface area contributed by atoms with Crippen molar-refractivity contribution < 1.29 is 19.1 Å². The average Bonchev–Trinajstić information content (AvgIpc) is 3.09. The summed E-state index contributed by atoms with van der Waals surface area (Å²) in [4.78, 5) is 25.0. The lowest BCUT2D eigenvalue weighted by molar-refractivity contribution is -0.140. The Kier molecular flexibility index (Phi) is 10.2. The number of methoxy groups -OCH3 is 1. The summed E-state index contributed by atoms with van der Waals surface area (Å²) in [5.41, 5.74) is 1.24. The Morgan fingerprint density at radius 1 is 1.31 bits per heavy atom. The van der Waals surface area contributed by atoms with Gasteiger partial charge in [0.05, 0.1) is 13.2 Å². The lowest BCUT2D eigenvalue weighted by Crippen LogP contribution is -2.38. The van der Waals surface area contributed by atoms with Crippen molar-refractivity contribution in [1.82, 2.24) is 10.2 Å². The van der Waals surface area contributed by atoms with Gasteiger partial charge in [0.15, 0.2) is 0 Å². The van der Waals surface area contributed by atoms with Crippen LogP contribution in [0.1, 0.15) is 37.7 Å². The van der Waals surface area contributed by atoms with E-state index in [4.69, 9.17) is 17.0 Å². The zero-order chi connectivity index (χ0) is 20.9. The van der Waals surface area contributed by atoms with Gasteiger partial charge in [-0.25, -0.2) is 0 Å². The molecule has 1 aromatic rings.